The maximum atomic E-state index is 11.2. The highest BCUT2D eigenvalue weighted by molar-refractivity contribution is 5.91. The van der Waals surface area contributed by atoms with Crippen molar-refractivity contribution in [2.45, 2.75) is 32.7 Å². The molecule has 5 nitrogen and oxygen atoms in total. The lowest BCUT2D eigenvalue weighted by molar-refractivity contribution is 0.112. The third-order valence-corrected chi connectivity index (χ3v) is 3.39. The zero-order chi connectivity index (χ0) is 15.6. The molecule has 0 saturated heterocycles. The maximum absolute atomic E-state index is 11.2. The lowest BCUT2D eigenvalue weighted by Gasteiger charge is -2.18. The summed E-state index contributed by atoms with van der Waals surface area (Å²) >= 11 is 0. The van der Waals surface area contributed by atoms with E-state index in [2.05, 4.69) is 25.9 Å². The van der Waals surface area contributed by atoms with E-state index in [1.807, 2.05) is 30.3 Å². The molecule has 108 valence electrons. The zero-order valence-electron chi connectivity index (χ0n) is 12.4. The number of hydrogen-bond donors (Lipinski definition) is 1. The van der Waals surface area contributed by atoms with Gasteiger partial charge in [-0.1, -0.05) is 45.0 Å². The molecule has 1 aromatic carbocycles. The van der Waals surface area contributed by atoms with Gasteiger partial charge in [0.2, 0.25) is 0 Å². The van der Waals surface area contributed by atoms with Crippen LogP contribution in [0.2, 0.25) is 0 Å². The number of nitrogens with two attached hydrogens (primary N) is 1. The molecule has 1 heterocycles. The second-order valence-corrected chi connectivity index (χ2v) is 5.91. The number of rotatable bonds is 3. The molecule has 2 N–H and O–H groups in total. The van der Waals surface area contributed by atoms with Crippen molar-refractivity contribution < 1.29 is 4.79 Å². The molecule has 0 aliphatic heterocycles. The summed E-state index contributed by atoms with van der Waals surface area (Å²) in [4.78, 5) is 11.2. The molecule has 0 bridgehead atoms. The van der Waals surface area contributed by atoms with Gasteiger partial charge in [-0.3, -0.25) is 4.79 Å². The molecule has 2 rings (SSSR count). The summed E-state index contributed by atoms with van der Waals surface area (Å²) in [5.74, 6) is 0.224. The van der Waals surface area contributed by atoms with Crippen LogP contribution in [0.5, 0.6) is 0 Å². The van der Waals surface area contributed by atoms with Crippen LogP contribution in [-0.2, 0) is 12.0 Å². The van der Waals surface area contributed by atoms with Crippen molar-refractivity contribution in [1.29, 1.82) is 5.26 Å². The first kappa shape index (κ1) is 14.8. The van der Waals surface area contributed by atoms with Crippen LogP contribution in [0.15, 0.2) is 24.3 Å². The summed E-state index contributed by atoms with van der Waals surface area (Å²) in [5.41, 5.74) is 8.77. The van der Waals surface area contributed by atoms with E-state index in [9.17, 15) is 4.79 Å². The Hall–Kier alpha value is -2.61. The fourth-order valence-corrected chi connectivity index (χ4v) is 2.13. The summed E-state index contributed by atoms with van der Waals surface area (Å²) in [6.45, 7) is 6.43. The molecule has 2 aromatic rings. The highest BCUT2D eigenvalue weighted by Gasteiger charge is 2.18. The minimum absolute atomic E-state index is 0.0206. The fourth-order valence-electron chi connectivity index (χ4n) is 2.13. The van der Waals surface area contributed by atoms with Gasteiger partial charge in [0.1, 0.15) is 18.1 Å². The standard InChI is InChI=1S/C16H18N4O/c1-16(2,3)12-6-4-11(5-7-12)14-13(10-21)15(18)20(19-14)9-8-17/h4-7,10H,9,18H2,1-3H3. The van der Waals surface area contributed by atoms with Crippen LogP contribution in [0.3, 0.4) is 0 Å². The Morgan fingerprint density at radius 2 is 1.95 bits per heavy atom. The summed E-state index contributed by atoms with van der Waals surface area (Å²) < 4.78 is 1.34. The number of nitrogens with zero attached hydrogens (tertiary/aromatic N) is 3. The van der Waals surface area contributed by atoms with Gasteiger partial charge in [-0.05, 0) is 11.0 Å². The van der Waals surface area contributed by atoms with Gasteiger partial charge in [-0.25, -0.2) is 4.68 Å². The third kappa shape index (κ3) is 2.79. The number of benzene rings is 1. The topological polar surface area (TPSA) is 84.7 Å². The summed E-state index contributed by atoms with van der Waals surface area (Å²) in [7, 11) is 0. The van der Waals surface area contributed by atoms with Gasteiger partial charge < -0.3 is 5.73 Å². The number of hydrogen-bond acceptors (Lipinski definition) is 4. The van der Waals surface area contributed by atoms with Crippen molar-refractivity contribution in [2.24, 2.45) is 0 Å². The van der Waals surface area contributed by atoms with E-state index in [0.29, 0.717) is 17.5 Å². The molecule has 0 aliphatic rings. The lowest BCUT2D eigenvalue weighted by Crippen LogP contribution is -2.10. The van der Waals surface area contributed by atoms with Crippen LogP contribution in [0.4, 0.5) is 5.82 Å². The number of aromatic nitrogens is 2. The highest BCUT2D eigenvalue weighted by atomic mass is 16.1. The highest BCUT2D eigenvalue weighted by Crippen LogP contribution is 2.29. The van der Waals surface area contributed by atoms with Crippen LogP contribution < -0.4 is 5.73 Å². The van der Waals surface area contributed by atoms with E-state index in [4.69, 9.17) is 11.0 Å². The molecule has 21 heavy (non-hydrogen) atoms. The molecular formula is C16H18N4O. The third-order valence-electron chi connectivity index (χ3n) is 3.39. The van der Waals surface area contributed by atoms with Crippen LogP contribution in [0.1, 0.15) is 36.7 Å². The van der Waals surface area contributed by atoms with Gasteiger partial charge in [0.15, 0.2) is 6.29 Å². The van der Waals surface area contributed by atoms with E-state index in [1.165, 1.54) is 10.2 Å². The Morgan fingerprint density at radius 3 is 2.43 bits per heavy atom. The first-order chi connectivity index (χ1) is 9.88. The monoisotopic (exact) mass is 282 g/mol. The van der Waals surface area contributed by atoms with Gasteiger partial charge >= 0.3 is 0 Å². The maximum Gasteiger partial charge on any atom is 0.156 e. The normalized spacial score (nSPS) is 11.1. The molecule has 0 aliphatic carbocycles. The van der Waals surface area contributed by atoms with Gasteiger partial charge in [-0.15, -0.1) is 0 Å². The molecule has 0 atom stereocenters. The largest absolute Gasteiger partial charge is 0.383 e. The second-order valence-electron chi connectivity index (χ2n) is 5.91. The quantitative estimate of drug-likeness (QED) is 0.877. The van der Waals surface area contributed by atoms with Crippen molar-refractivity contribution in [2.75, 3.05) is 5.73 Å². The second kappa shape index (κ2) is 5.41. The molecule has 0 unspecified atom stereocenters. The van der Waals surface area contributed by atoms with Crippen molar-refractivity contribution in [3.63, 3.8) is 0 Å². The van der Waals surface area contributed by atoms with Gasteiger partial charge in [0.25, 0.3) is 0 Å². The van der Waals surface area contributed by atoms with Crippen molar-refractivity contribution >= 4 is 12.1 Å². The number of aldehydes is 1. The number of anilines is 1. The smallest absolute Gasteiger partial charge is 0.156 e. The summed E-state index contributed by atoms with van der Waals surface area (Å²) in [6.07, 6.45) is 0.684. The number of carbonyl (C=O) groups is 1. The van der Waals surface area contributed by atoms with Crippen LogP contribution in [0, 0.1) is 11.3 Å². The molecule has 0 fully saturated rings. The predicted octanol–water partition coefficient (Wildman–Crippen LogP) is 2.77. The number of nitrogen functional groups attached to an aromatic ring is 1. The Labute approximate surface area is 124 Å². The molecule has 1 aromatic heterocycles. The van der Waals surface area contributed by atoms with Crippen molar-refractivity contribution in [3.8, 4) is 17.3 Å². The van der Waals surface area contributed by atoms with Crippen LogP contribution in [-0.4, -0.2) is 16.1 Å². The number of nitriles is 1. The minimum Gasteiger partial charge on any atom is -0.383 e. The average molecular weight is 282 g/mol. The Morgan fingerprint density at radius 1 is 1.33 bits per heavy atom. The SMILES string of the molecule is CC(C)(C)c1ccc(-c2nn(CC#N)c(N)c2C=O)cc1. The molecule has 5 heteroatoms. The van der Waals surface area contributed by atoms with E-state index < -0.39 is 0 Å². The first-order valence-corrected chi connectivity index (χ1v) is 6.68. The molecule has 0 spiro atoms. The van der Waals surface area contributed by atoms with E-state index >= 15 is 0 Å². The van der Waals surface area contributed by atoms with Crippen molar-refractivity contribution in [1.82, 2.24) is 9.78 Å². The van der Waals surface area contributed by atoms with Gasteiger partial charge in [0.05, 0.1) is 11.6 Å². The number of carbonyl (C=O) groups excluding carboxylic acids is 1. The molecule has 0 amide bonds. The van der Waals surface area contributed by atoms with Gasteiger partial charge in [-0.2, -0.15) is 10.4 Å². The van der Waals surface area contributed by atoms with E-state index in [1.54, 1.807) is 0 Å². The Bertz CT molecular complexity index is 700. The molecule has 0 radical (unpaired) electrons. The average Bonchev–Trinajstić information content (AvgIpc) is 2.75. The fraction of sp³-hybridized carbons (Fsp3) is 0.312. The summed E-state index contributed by atoms with van der Waals surface area (Å²) in [5, 5.41) is 13.0. The van der Waals surface area contributed by atoms with E-state index in [-0.39, 0.29) is 17.8 Å². The Balaban J connectivity index is 2.49. The van der Waals surface area contributed by atoms with Gasteiger partial charge in [0, 0.05) is 5.56 Å². The Kier molecular flexibility index (Phi) is 3.81. The zero-order valence-corrected chi connectivity index (χ0v) is 12.4. The van der Waals surface area contributed by atoms with E-state index in [0.717, 1.165) is 5.56 Å². The van der Waals surface area contributed by atoms with Crippen LogP contribution >= 0.6 is 0 Å². The van der Waals surface area contributed by atoms with Crippen molar-refractivity contribution in [3.05, 3.63) is 35.4 Å². The summed E-state index contributed by atoms with van der Waals surface area (Å²) in [6, 6.07) is 9.85. The first-order valence-electron chi connectivity index (χ1n) is 6.68. The van der Waals surface area contributed by atoms with Crippen LogP contribution in [0.25, 0.3) is 11.3 Å². The molecular weight excluding hydrogens is 264 g/mol. The molecule has 0 saturated carbocycles. The predicted molar refractivity (Wildman–Crippen MR) is 81.8 cm³/mol. The lowest BCUT2D eigenvalue weighted by atomic mass is 9.86. The minimum atomic E-state index is 0.0206.